The van der Waals surface area contributed by atoms with E-state index in [-0.39, 0.29) is 0 Å². The molecule has 3 aromatic rings. The van der Waals surface area contributed by atoms with E-state index in [1.807, 2.05) is 23.5 Å². The van der Waals surface area contributed by atoms with Crippen LogP contribution in [0.25, 0.3) is 16.7 Å². The van der Waals surface area contributed by atoms with Crippen LogP contribution in [0, 0.1) is 12.8 Å². The lowest BCUT2D eigenvalue weighted by Gasteiger charge is -2.13. The van der Waals surface area contributed by atoms with Crippen molar-refractivity contribution < 1.29 is 9.53 Å². The van der Waals surface area contributed by atoms with Crippen molar-refractivity contribution in [3.63, 3.8) is 0 Å². The Kier molecular flexibility index (Phi) is 7.20. The number of anilines is 1. The third-order valence-corrected chi connectivity index (χ3v) is 5.17. The van der Waals surface area contributed by atoms with Crippen LogP contribution in [-0.2, 0) is 11.3 Å². The molecule has 0 saturated heterocycles. The zero-order chi connectivity index (χ0) is 21.7. The van der Waals surface area contributed by atoms with Gasteiger partial charge in [0, 0.05) is 37.6 Å². The van der Waals surface area contributed by atoms with Gasteiger partial charge in [-0.2, -0.15) is 0 Å². The van der Waals surface area contributed by atoms with Gasteiger partial charge in [0.2, 0.25) is 5.65 Å². The van der Waals surface area contributed by atoms with Crippen LogP contribution < -0.4 is 15.8 Å². The van der Waals surface area contributed by atoms with E-state index < -0.39 is 0 Å². The first-order chi connectivity index (χ1) is 14.4. The van der Waals surface area contributed by atoms with E-state index in [2.05, 4.69) is 29.4 Å². The highest BCUT2D eigenvalue weighted by atomic mass is 16.5. The average Bonchev–Trinajstić information content (AvgIpc) is 3.11. The SMILES string of the molecule is COc1cc2nc(NCCCCCC(=O)CC(C)C)c3nnc(C)n3c2cc1CN. The number of fused-ring (bicyclic) bond motifs is 3. The zero-order valence-electron chi connectivity index (χ0n) is 18.4. The summed E-state index contributed by atoms with van der Waals surface area (Å²) in [7, 11) is 1.63. The number of aromatic nitrogens is 4. The first-order valence-electron chi connectivity index (χ1n) is 10.6. The highest BCUT2D eigenvalue weighted by Gasteiger charge is 2.15. The molecule has 0 radical (unpaired) electrons. The van der Waals surface area contributed by atoms with Crippen molar-refractivity contribution in [1.29, 1.82) is 0 Å². The number of benzene rings is 1. The standard InChI is InChI=1S/C22H32N6O2/c1-14(2)10-17(29)8-6-5-7-9-24-21-22-27-26-15(3)28(22)19-11-16(13-23)20(30-4)12-18(19)25-21/h11-12,14H,5-10,13,23H2,1-4H3,(H,24,25). The maximum Gasteiger partial charge on any atom is 0.204 e. The van der Waals surface area contributed by atoms with Crippen molar-refractivity contribution in [2.75, 3.05) is 19.0 Å². The molecule has 162 valence electrons. The Bertz CT molecular complexity index is 1030. The van der Waals surface area contributed by atoms with Gasteiger partial charge in [-0.25, -0.2) is 4.98 Å². The Hall–Kier alpha value is -2.74. The molecule has 0 unspecified atom stereocenters. The monoisotopic (exact) mass is 412 g/mol. The molecule has 0 spiro atoms. The summed E-state index contributed by atoms with van der Waals surface area (Å²) in [5, 5.41) is 11.9. The molecule has 0 fully saturated rings. The number of nitrogens with zero attached hydrogens (tertiary/aromatic N) is 4. The summed E-state index contributed by atoms with van der Waals surface area (Å²) in [6, 6.07) is 3.89. The molecule has 8 heteroatoms. The largest absolute Gasteiger partial charge is 0.496 e. The Morgan fingerprint density at radius 3 is 2.73 bits per heavy atom. The normalized spacial score (nSPS) is 11.5. The number of ketones is 1. The molecular formula is C22H32N6O2. The van der Waals surface area contributed by atoms with Crippen LogP contribution in [0.15, 0.2) is 12.1 Å². The molecule has 0 aliphatic carbocycles. The predicted octanol–water partition coefficient (Wildman–Crippen LogP) is 3.64. The lowest BCUT2D eigenvalue weighted by Crippen LogP contribution is -2.08. The Morgan fingerprint density at radius 2 is 2.03 bits per heavy atom. The number of hydrogen-bond donors (Lipinski definition) is 2. The number of Topliss-reactive ketones (excluding diaryl/α,β-unsaturated/α-hetero) is 1. The number of aryl methyl sites for hydroxylation is 1. The third-order valence-electron chi connectivity index (χ3n) is 5.17. The number of carbonyl (C=O) groups is 1. The van der Waals surface area contributed by atoms with Crippen LogP contribution in [0.4, 0.5) is 5.82 Å². The van der Waals surface area contributed by atoms with Crippen molar-refractivity contribution in [3.8, 4) is 5.75 Å². The van der Waals surface area contributed by atoms with E-state index in [0.29, 0.717) is 42.6 Å². The molecule has 2 heterocycles. The fourth-order valence-corrected chi connectivity index (χ4v) is 3.70. The minimum absolute atomic E-state index is 0.362. The van der Waals surface area contributed by atoms with Crippen LogP contribution in [-0.4, -0.2) is 39.0 Å². The summed E-state index contributed by atoms with van der Waals surface area (Å²) in [4.78, 5) is 16.6. The fraction of sp³-hybridized carbons (Fsp3) is 0.545. The number of rotatable bonds is 11. The summed E-state index contributed by atoms with van der Waals surface area (Å²) >= 11 is 0. The summed E-state index contributed by atoms with van der Waals surface area (Å²) in [6.07, 6.45) is 4.24. The molecule has 1 aromatic carbocycles. The third kappa shape index (κ3) is 4.87. The molecule has 0 atom stereocenters. The van der Waals surface area contributed by atoms with Gasteiger partial charge in [0.15, 0.2) is 5.82 Å². The van der Waals surface area contributed by atoms with Crippen molar-refractivity contribution in [1.82, 2.24) is 19.6 Å². The van der Waals surface area contributed by atoms with E-state index in [9.17, 15) is 4.79 Å². The van der Waals surface area contributed by atoms with Crippen molar-refractivity contribution in [3.05, 3.63) is 23.5 Å². The van der Waals surface area contributed by atoms with E-state index in [1.54, 1.807) is 7.11 Å². The average molecular weight is 413 g/mol. The van der Waals surface area contributed by atoms with Gasteiger partial charge in [-0.3, -0.25) is 9.20 Å². The number of hydrogen-bond acceptors (Lipinski definition) is 7. The van der Waals surface area contributed by atoms with Crippen molar-refractivity contribution in [2.24, 2.45) is 11.7 Å². The van der Waals surface area contributed by atoms with Crippen LogP contribution in [0.1, 0.15) is 57.3 Å². The zero-order valence-corrected chi connectivity index (χ0v) is 18.4. The lowest BCUT2D eigenvalue weighted by atomic mass is 10.0. The summed E-state index contributed by atoms with van der Waals surface area (Å²) in [5.74, 6) is 3.01. The summed E-state index contributed by atoms with van der Waals surface area (Å²) in [6.45, 7) is 7.22. The Balaban J connectivity index is 1.72. The highest BCUT2D eigenvalue weighted by molar-refractivity contribution is 5.85. The van der Waals surface area contributed by atoms with Crippen LogP contribution in [0.2, 0.25) is 0 Å². The molecule has 30 heavy (non-hydrogen) atoms. The van der Waals surface area contributed by atoms with Crippen molar-refractivity contribution >= 4 is 28.3 Å². The van der Waals surface area contributed by atoms with Gasteiger partial charge in [0.25, 0.3) is 0 Å². The first kappa shape index (κ1) is 22.0. The van der Waals surface area contributed by atoms with Gasteiger partial charge in [-0.15, -0.1) is 10.2 Å². The van der Waals surface area contributed by atoms with Crippen molar-refractivity contribution in [2.45, 2.75) is 59.4 Å². The Labute approximate surface area is 177 Å². The molecule has 3 N–H and O–H groups in total. The molecule has 2 aromatic heterocycles. The maximum atomic E-state index is 11.8. The smallest absolute Gasteiger partial charge is 0.204 e. The Morgan fingerprint density at radius 1 is 1.23 bits per heavy atom. The number of nitrogens with two attached hydrogens (primary N) is 1. The number of carbonyl (C=O) groups excluding carboxylic acids is 1. The van der Waals surface area contributed by atoms with E-state index in [1.165, 1.54) is 0 Å². The molecule has 0 aliphatic rings. The van der Waals surface area contributed by atoms with Crippen LogP contribution in [0.3, 0.4) is 0 Å². The number of ether oxygens (including phenoxy) is 1. The highest BCUT2D eigenvalue weighted by Crippen LogP contribution is 2.28. The second-order valence-electron chi connectivity index (χ2n) is 8.10. The first-order valence-corrected chi connectivity index (χ1v) is 10.6. The number of unbranched alkanes of at least 4 members (excludes halogenated alkanes) is 2. The molecule has 0 aliphatic heterocycles. The van der Waals surface area contributed by atoms with Gasteiger partial charge < -0.3 is 15.8 Å². The molecule has 3 rings (SSSR count). The molecule has 0 saturated carbocycles. The maximum absolute atomic E-state index is 11.8. The van der Waals surface area contributed by atoms with Gasteiger partial charge in [0.05, 0.1) is 18.1 Å². The van der Waals surface area contributed by atoms with Gasteiger partial charge >= 0.3 is 0 Å². The second-order valence-corrected chi connectivity index (χ2v) is 8.10. The fourth-order valence-electron chi connectivity index (χ4n) is 3.70. The molecular weight excluding hydrogens is 380 g/mol. The van der Waals surface area contributed by atoms with Gasteiger partial charge in [-0.1, -0.05) is 20.3 Å². The minimum atomic E-state index is 0.362. The van der Waals surface area contributed by atoms with E-state index in [4.69, 9.17) is 15.5 Å². The number of methoxy groups -OCH3 is 1. The summed E-state index contributed by atoms with van der Waals surface area (Å²) in [5.41, 5.74) is 9.18. The lowest BCUT2D eigenvalue weighted by molar-refractivity contribution is -0.119. The van der Waals surface area contributed by atoms with E-state index >= 15 is 0 Å². The van der Waals surface area contributed by atoms with Gasteiger partial charge in [-0.05, 0) is 31.7 Å². The predicted molar refractivity (Wildman–Crippen MR) is 119 cm³/mol. The van der Waals surface area contributed by atoms with Crippen LogP contribution >= 0.6 is 0 Å². The van der Waals surface area contributed by atoms with Gasteiger partial charge in [0.1, 0.15) is 17.4 Å². The minimum Gasteiger partial charge on any atom is -0.496 e. The summed E-state index contributed by atoms with van der Waals surface area (Å²) < 4.78 is 7.46. The van der Waals surface area contributed by atoms with E-state index in [0.717, 1.165) is 54.0 Å². The molecule has 0 bridgehead atoms. The topological polar surface area (TPSA) is 107 Å². The quantitative estimate of drug-likeness (QED) is 0.463. The second kappa shape index (κ2) is 9.84. The molecule has 0 amide bonds. The number of nitrogens with one attached hydrogen (secondary N) is 1. The van der Waals surface area contributed by atoms with Crippen LogP contribution in [0.5, 0.6) is 5.75 Å². The molecule has 8 nitrogen and oxygen atoms in total.